The van der Waals surface area contributed by atoms with Crippen molar-refractivity contribution in [3.05, 3.63) is 33.9 Å². The number of benzene rings is 1. The van der Waals surface area contributed by atoms with Crippen molar-refractivity contribution in [1.82, 2.24) is 5.32 Å². The first-order chi connectivity index (χ1) is 10.0. The van der Waals surface area contributed by atoms with Crippen LogP contribution in [0.2, 0.25) is 0 Å². The molecule has 2 rings (SSSR count). The summed E-state index contributed by atoms with van der Waals surface area (Å²) < 4.78 is 5.07. The van der Waals surface area contributed by atoms with Crippen LogP contribution in [0.5, 0.6) is 5.75 Å². The second kappa shape index (κ2) is 6.53. The van der Waals surface area contributed by atoms with Gasteiger partial charge in [0.1, 0.15) is 5.75 Å². The van der Waals surface area contributed by atoms with Crippen LogP contribution in [0.1, 0.15) is 36.0 Å². The van der Waals surface area contributed by atoms with Gasteiger partial charge in [-0.05, 0) is 18.9 Å². The number of methoxy groups -OCH3 is 1. The number of hydrogen-bond acceptors (Lipinski definition) is 5. The standard InChI is InChI=1S/C14H18N2O5/c1-21-13-7-6-9(16(19)20)8-10(13)14(18)15-11-4-2-3-5-12(11)17/h6-8,11-12,17H,2-5H2,1H3,(H,15,18). The Labute approximate surface area is 122 Å². The zero-order valence-electron chi connectivity index (χ0n) is 11.7. The topological polar surface area (TPSA) is 102 Å². The lowest BCUT2D eigenvalue weighted by atomic mass is 9.92. The van der Waals surface area contributed by atoms with Gasteiger partial charge in [-0.3, -0.25) is 14.9 Å². The smallest absolute Gasteiger partial charge is 0.270 e. The number of amides is 1. The highest BCUT2D eigenvalue weighted by atomic mass is 16.6. The number of non-ortho nitro benzene ring substituents is 1. The predicted molar refractivity (Wildman–Crippen MR) is 75.4 cm³/mol. The van der Waals surface area contributed by atoms with Crippen molar-refractivity contribution in [3.63, 3.8) is 0 Å². The molecule has 0 radical (unpaired) electrons. The van der Waals surface area contributed by atoms with Crippen LogP contribution in [0.3, 0.4) is 0 Å². The van der Waals surface area contributed by atoms with E-state index < -0.39 is 16.9 Å². The Kier molecular flexibility index (Phi) is 4.74. The quantitative estimate of drug-likeness (QED) is 0.649. The average molecular weight is 294 g/mol. The summed E-state index contributed by atoms with van der Waals surface area (Å²) in [5.41, 5.74) is -0.0744. The molecule has 1 fully saturated rings. The van der Waals surface area contributed by atoms with Crippen LogP contribution in [0.15, 0.2) is 18.2 Å². The van der Waals surface area contributed by atoms with Crippen LogP contribution in [0.4, 0.5) is 5.69 Å². The zero-order valence-corrected chi connectivity index (χ0v) is 11.7. The Morgan fingerprint density at radius 3 is 2.76 bits per heavy atom. The first-order valence-electron chi connectivity index (χ1n) is 6.84. The second-order valence-electron chi connectivity index (χ2n) is 5.07. The summed E-state index contributed by atoms with van der Waals surface area (Å²) >= 11 is 0. The molecule has 2 atom stereocenters. The Morgan fingerprint density at radius 2 is 2.14 bits per heavy atom. The largest absolute Gasteiger partial charge is 0.496 e. The summed E-state index contributed by atoms with van der Waals surface area (Å²) in [6.07, 6.45) is 2.65. The molecular formula is C14H18N2O5. The van der Waals surface area contributed by atoms with Gasteiger partial charge in [-0.2, -0.15) is 0 Å². The summed E-state index contributed by atoms with van der Waals surface area (Å²) in [6.45, 7) is 0. The highest BCUT2D eigenvalue weighted by Crippen LogP contribution is 2.25. The summed E-state index contributed by atoms with van der Waals surface area (Å²) in [4.78, 5) is 22.5. The molecule has 7 nitrogen and oxygen atoms in total. The van der Waals surface area contributed by atoms with Crippen LogP contribution >= 0.6 is 0 Å². The van der Waals surface area contributed by atoms with Crippen LogP contribution in [-0.4, -0.2) is 35.2 Å². The van der Waals surface area contributed by atoms with Gasteiger partial charge in [0, 0.05) is 12.1 Å². The van der Waals surface area contributed by atoms with E-state index in [0.717, 1.165) is 12.8 Å². The van der Waals surface area contributed by atoms with Crippen molar-refractivity contribution < 1.29 is 19.6 Å². The maximum absolute atomic E-state index is 12.3. The fourth-order valence-electron chi connectivity index (χ4n) is 2.51. The van der Waals surface area contributed by atoms with Crippen LogP contribution in [0.25, 0.3) is 0 Å². The van der Waals surface area contributed by atoms with Crippen LogP contribution < -0.4 is 10.1 Å². The third-order valence-electron chi connectivity index (χ3n) is 3.68. The first kappa shape index (κ1) is 15.2. The molecule has 21 heavy (non-hydrogen) atoms. The van der Waals surface area contributed by atoms with Crippen molar-refractivity contribution >= 4 is 11.6 Å². The third kappa shape index (κ3) is 3.49. The van der Waals surface area contributed by atoms with Gasteiger partial charge in [0.25, 0.3) is 11.6 Å². The molecule has 0 spiro atoms. The third-order valence-corrected chi connectivity index (χ3v) is 3.68. The minimum Gasteiger partial charge on any atom is -0.496 e. The second-order valence-corrected chi connectivity index (χ2v) is 5.07. The minimum absolute atomic E-state index is 0.101. The lowest BCUT2D eigenvalue weighted by molar-refractivity contribution is -0.384. The Balaban J connectivity index is 2.20. The first-order valence-corrected chi connectivity index (χ1v) is 6.84. The Hall–Kier alpha value is -2.15. The monoisotopic (exact) mass is 294 g/mol. The number of carbonyl (C=O) groups is 1. The van der Waals surface area contributed by atoms with E-state index >= 15 is 0 Å². The normalized spacial score (nSPS) is 21.6. The molecule has 7 heteroatoms. The molecule has 1 aliphatic carbocycles. The molecule has 0 bridgehead atoms. The summed E-state index contributed by atoms with van der Waals surface area (Å²) in [6, 6.07) is 3.54. The number of aliphatic hydroxyl groups excluding tert-OH is 1. The summed E-state index contributed by atoms with van der Waals surface area (Å²) in [5, 5.41) is 23.4. The zero-order chi connectivity index (χ0) is 15.4. The Bertz CT molecular complexity index is 546. The number of aliphatic hydroxyl groups is 1. The SMILES string of the molecule is COc1ccc([N+](=O)[O-])cc1C(=O)NC1CCCCC1O. The van der Waals surface area contributed by atoms with Gasteiger partial charge in [-0.25, -0.2) is 0 Å². The van der Waals surface area contributed by atoms with Crippen molar-refractivity contribution in [3.8, 4) is 5.75 Å². The highest BCUT2D eigenvalue weighted by Gasteiger charge is 2.26. The van der Waals surface area contributed by atoms with Gasteiger partial charge in [-0.1, -0.05) is 12.8 Å². The summed E-state index contributed by atoms with van der Waals surface area (Å²) in [5.74, 6) is -0.204. The van der Waals surface area contributed by atoms with Gasteiger partial charge in [-0.15, -0.1) is 0 Å². The van der Waals surface area contributed by atoms with E-state index in [9.17, 15) is 20.0 Å². The van der Waals surface area contributed by atoms with E-state index in [1.807, 2.05) is 0 Å². The minimum atomic E-state index is -0.576. The number of nitro groups is 1. The number of hydrogen-bond donors (Lipinski definition) is 2. The van der Waals surface area contributed by atoms with Gasteiger partial charge in [0.15, 0.2) is 0 Å². The summed E-state index contributed by atoms with van der Waals surface area (Å²) in [7, 11) is 1.40. The number of ether oxygens (including phenoxy) is 1. The van der Waals surface area contributed by atoms with Crippen LogP contribution in [0, 0.1) is 10.1 Å². The number of nitro benzene ring substituents is 1. The Morgan fingerprint density at radius 1 is 1.43 bits per heavy atom. The molecule has 0 saturated heterocycles. The molecule has 0 aliphatic heterocycles. The number of nitrogens with zero attached hydrogens (tertiary/aromatic N) is 1. The predicted octanol–water partition coefficient (Wildman–Crippen LogP) is 1.64. The molecule has 0 heterocycles. The molecule has 1 aromatic rings. The lowest BCUT2D eigenvalue weighted by Crippen LogP contribution is -2.45. The van der Waals surface area contributed by atoms with E-state index in [2.05, 4.69) is 5.32 Å². The lowest BCUT2D eigenvalue weighted by Gasteiger charge is -2.28. The van der Waals surface area contributed by atoms with Gasteiger partial charge in [0.2, 0.25) is 0 Å². The average Bonchev–Trinajstić information content (AvgIpc) is 2.48. The van der Waals surface area contributed by atoms with Crippen molar-refractivity contribution in [2.45, 2.75) is 37.8 Å². The fraction of sp³-hybridized carbons (Fsp3) is 0.500. The van der Waals surface area contributed by atoms with Gasteiger partial charge in [0.05, 0.1) is 29.7 Å². The van der Waals surface area contributed by atoms with Crippen molar-refractivity contribution in [1.29, 1.82) is 0 Å². The van der Waals surface area contributed by atoms with Gasteiger partial charge < -0.3 is 15.2 Å². The molecule has 114 valence electrons. The number of rotatable bonds is 4. The molecular weight excluding hydrogens is 276 g/mol. The molecule has 2 unspecified atom stereocenters. The van der Waals surface area contributed by atoms with Crippen LogP contribution in [-0.2, 0) is 0 Å². The molecule has 1 aromatic carbocycles. The maximum Gasteiger partial charge on any atom is 0.270 e. The van der Waals surface area contributed by atoms with E-state index in [4.69, 9.17) is 4.74 Å². The molecule has 0 aromatic heterocycles. The maximum atomic E-state index is 12.3. The van der Waals surface area contributed by atoms with E-state index in [1.165, 1.54) is 25.3 Å². The van der Waals surface area contributed by atoms with E-state index in [1.54, 1.807) is 0 Å². The number of nitrogens with one attached hydrogen (secondary N) is 1. The fourth-order valence-corrected chi connectivity index (χ4v) is 2.51. The highest BCUT2D eigenvalue weighted by molar-refractivity contribution is 5.97. The molecule has 1 saturated carbocycles. The van der Waals surface area contributed by atoms with E-state index in [-0.39, 0.29) is 23.0 Å². The molecule has 1 aliphatic rings. The van der Waals surface area contributed by atoms with Gasteiger partial charge >= 0.3 is 0 Å². The molecule has 1 amide bonds. The van der Waals surface area contributed by atoms with Crippen molar-refractivity contribution in [2.24, 2.45) is 0 Å². The van der Waals surface area contributed by atoms with Crippen molar-refractivity contribution in [2.75, 3.05) is 7.11 Å². The van der Waals surface area contributed by atoms with E-state index in [0.29, 0.717) is 12.8 Å². The number of carbonyl (C=O) groups excluding carboxylic acids is 1. The molecule has 2 N–H and O–H groups in total.